The Kier molecular flexibility index (Phi) is 16.1. The van der Waals surface area contributed by atoms with Crippen LogP contribution < -0.4 is 14.8 Å². The number of nitrogens with zero attached hydrogens (tertiary/aromatic N) is 3. The normalized spacial score (nSPS) is 22.6. The molecule has 3 fully saturated rings. The van der Waals surface area contributed by atoms with Gasteiger partial charge in [0.05, 0.1) is 36.0 Å². The highest BCUT2D eigenvalue weighted by molar-refractivity contribution is 9.09. The van der Waals surface area contributed by atoms with Crippen molar-refractivity contribution in [2.45, 2.75) is 127 Å². The van der Waals surface area contributed by atoms with E-state index in [0.717, 1.165) is 55.6 Å². The monoisotopic (exact) mass is 864 g/mol. The van der Waals surface area contributed by atoms with Crippen molar-refractivity contribution < 1.29 is 38.0 Å². The smallest absolute Gasteiger partial charge is 0.301 e. The summed E-state index contributed by atoms with van der Waals surface area (Å²) in [4.78, 5) is 22.0. The molecule has 3 aliphatic rings. The predicted molar refractivity (Wildman–Crippen MR) is 219 cm³/mol. The molecule has 3 aliphatic heterocycles. The van der Waals surface area contributed by atoms with Gasteiger partial charge in [-0.3, -0.25) is 9.36 Å². The van der Waals surface area contributed by atoms with Crippen LogP contribution in [0.3, 0.4) is 0 Å². The number of imidazole rings is 1. The van der Waals surface area contributed by atoms with Gasteiger partial charge in [0.15, 0.2) is 18.0 Å². The minimum Gasteiger partial charge on any atom is -0.492 e. The van der Waals surface area contributed by atoms with Gasteiger partial charge >= 0.3 is 6.01 Å². The zero-order chi connectivity index (χ0) is 38.6. The number of carbonyl (C=O) groups is 1. The molecular weight excluding hydrogens is 808 g/mol. The lowest BCUT2D eigenvalue weighted by molar-refractivity contribution is -0.202. The minimum absolute atomic E-state index is 0.0703. The number of hydrogen-bond acceptors (Lipinski definition) is 10. The van der Waals surface area contributed by atoms with Crippen molar-refractivity contribution >= 4 is 52.7 Å². The summed E-state index contributed by atoms with van der Waals surface area (Å²) in [5, 5.41) is 4.50. The molecule has 3 saturated heterocycles. The van der Waals surface area contributed by atoms with E-state index in [9.17, 15) is 4.79 Å². The molecular formula is C40H58BrClN4O8Si. The SMILES string of the molecule is C[Si](C)(C)CCOCn1c(O[C@@H]2CO[C@H]3[C@@H]2OC[C@H]3OC2CCCCO2)nc2nc(-c3ccc(OCCNC(=O)CCCCCCCCBr)cc3)c(Cl)cc21. The van der Waals surface area contributed by atoms with Crippen LogP contribution >= 0.6 is 27.5 Å². The first-order valence-corrected chi connectivity index (χ1v) is 25.3. The average molecular weight is 866 g/mol. The first-order valence-electron chi connectivity index (χ1n) is 20.1. The molecule has 0 saturated carbocycles. The molecule has 15 heteroatoms. The van der Waals surface area contributed by atoms with Crippen molar-refractivity contribution in [3.8, 4) is 23.0 Å². The Morgan fingerprint density at radius 1 is 0.964 bits per heavy atom. The van der Waals surface area contributed by atoms with Gasteiger partial charge in [-0.05, 0) is 68.5 Å². The van der Waals surface area contributed by atoms with Crippen LogP contribution in [0.1, 0.15) is 64.2 Å². The van der Waals surface area contributed by atoms with Gasteiger partial charge in [-0.2, -0.15) is 4.98 Å². The van der Waals surface area contributed by atoms with Crippen molar-refractivity contribution in [2.24, 2.45) is 0 Å². The summed E-state index contributed by atoms with van der Waals surface area (Å²) >= 11 is 10.4. The second-order valence-electron chi connectivity index (χ2n) is 15.8. The van der Waals surface area contributed by atoms with Gasteiger partial charge in [-0.25, -0.2) is 4.98 Å². The van der Waals surface area contributed by atoms with Crippen LogP contribution in [-0.4, -0.2) is 104 Å². The number of unbranched alkanes of at least 4 members (excludes halogenated alkanes) is 5. The summed E-state index contributed by atoms with van der Waals surface area (Å²) in [5.74, 6) is 0.764. The van der Waals surface area contributed by atoms with Crippen LogP contribution in [0, 0.1) is 0 Å². The molecule has 1 aromatic carbocycles. The second kappa shape index (κ2) is 20.9. The van der Waals surface area contributed by atoms with Crippen molar-refractivity contribution in [2.75, 3.05) is 44.9 Å². The molecule has 1 amide bonds. The molecule has 12 nitrogen and oxygen atoms in total. The largest absolute Gasteiger partial charge is 0.492 e. The Hall–Kier alpha value is -2.30. The van der Waals surface area contributed by atoms with E-state index >= 15 is 0 Å². The molecule has 304 valence electrons. The first kappa shape index (κ1) is 42.3. The Morgan fingerprint density at radius 3 is 2.45 bits per heavy atom. The van der Waals surface area contributed by atoms with Gasteiger partial charge in [-0.1, -0.05) is 72.9 Å². The standard InChI is InChI=1S/C40H58BrClN4O8Si/c1-55(2,3)23-22-48-27-46-31-24-30(42)36(28-14-16-29(17-15-28)49-21-19-43-34(47)12-8-6-4-5-7-10-18-41)44-39(31)45-40(46)54-33-26-52-37-32(25-51-38(33)37)53-35-13-9-11-20-50-35/h14-17,24,32-33,35,37-38H,4-13,18-23,25-27H2,1-3H3,(H,43,47)/t32-,33-,35?,37-,38-/m1/s1. The fraction of sp³-hybridized carbons (Fsp3) is 0.675. The number of carbonyl (C=O) groups excluding carboxylic acids is 1. The number of pyridine rings is 1. The van der Waals surface area contributed by atoms with Crippen molar-refractivity contribution in [3.63, 3.8) is 0 Å². The molecule has 0 radical (unpaired) electrons. The highest BCUT2D eigenvalue weighted by Gasteiger charge is 2.50. The fourth-order valence-electron chi connectivity index (χ4n) is 7.00. The molecule has 0 spiro atoms. The van der Waals surface area contributed by atoms with Gasteiger partial charge in [0, 0.05) is 38.6 Å². The quantitative estimate of drug-likeness (QED) is 0.0602. The number of halogens is 2. The van der Waals surface area contributed by atoms with Gasteiger partial charge in [0.1, 0.15) is 37.4 Å². The Balaban J connectivity index is 1.06. The molecule has 5 atom stereocenters. The van der Waals surface area contributed by atoms with Crippen LogP contribution in [0.15, 0.2) is 30.3 Å². The Bertz CT molecular complexity index is 1650. The lowest BCUT2D eigenvalue weighted by Gasteiger charge is -2.27. The lowest BCUT2D eigenvalue weighted by Crippen LogP contribution is -2.38. The number of benzene rings is 1. The van der Waals surface area contributed by atoms with Crippen LogP contribution in [0.2, 0.25) is 30.7 Å². The van der Waals surface area contributed by atoms with E-state index in [2.05, 4.69) is 40.9 Å². The van der Waals surface area contributed by atoms with Crippen molar-refractivity contribution in [1.82, 2.24) is 19.9 Å². The summed E-state index contributed by atoms with van der Waals surface area (Å²) in [6.07, 6.45) is 9.10. The van der Waals surface area contributed by atoms with Crippen LogP contribution in [-0.2, 0) is 35.2 Å². The van der Waals surface area contributed by atoms with E-state index in [-0.39, 0.29) is 43.3 Å². The Morgan fingerprint density at radius 2 is 1.71 bits per heavy atom. The number of amides is 1. The number of alkyl halides is 1. The highest BCUT2D eigenvalue weighted by atomic mass is 79.9. The summed E-state index contributed by atoms with van der Waals surface area (Å²) in [6.45, 7) is 10.2. The maximum Gasteiger partial charge on any atom is 0.301 e. The van der Waals surface area contributed by atoms with E-state index < -0.39 is 8.07 Å². The maximum atomic E-state index is 12.2. The average Bonchev–Trinajstić information content (AvgIpc) is 3.86. The maximum absolute atomic E-state index is 12.2. The molecule has 0 aliphatic carbocycles. The van der Waals surface area contributed by atoms with E-state index in [1.807, 2.05) is 34.9 Å². The fourth-order valence-corrected chi connectivity index (χ4v) is 8.40. The predicted octanol–water partition coefficient (Wildman–Crippen LogP) is 8.14. The number of hydrogen-bond donors (Lipinski definition) is 1. The zero-order valence-corrected chi connectivity index (χ0v) is 35.9. The molecule has 1 unspecified atom stereocenters. The van der Waals surface area contributed by atoms with Crippen molar-refractivity contribution in [1.29, 1.82) is 0 Å². The van der Waals surface area contributed by atoms with E-state index in [0.29, 0.717) is 73.0 Å². The Labute approximate surface area is 339 Å². The molecule has 55 heavy (non-hydrogen) atoms. The topological polar surface area (TPSA) is 124 Å². The van der Waals surface area contributed by atoms with Gasteiger partial charge in [0.25, 0.3) is 0 Å². The van der Waals surface area contributed by atoms with Gasteiger partial charge < -0.3 is 38.5 Å². The number of ether oxygens (including phenoxy) is 7. The first-order chi connectivity index (χ1) is 26.7. The van der Waals surface area contributed by atoms with E-state index in [1.165, 1.54) is 25.7 Å². The van der Waals surface area contributed by atoms with Gasteiger partial charge in [0.2, 0.25) is 5.91 Å². The molecule has 6 rings (SSSR count). The third-order valence-corrected chi connectivity index (χ3v) is 12.7. The summed E-state index contributed by atoms with van der Waals surface area (Å²) in [5.41, 5.74) is 2.62. The third-order valence-electron chi connectivity index (χ3n) is 10.2. The molecule has 0 bridgehead atoms. The summed E-state index contributed by atoms with van der Waals surface area (Å²) in [7, 11) is -1.29. The van der Waals surface area contributed by atoms with Gasteiger partial charge in [-0.15, -0.1) is 0 Å². The molecule has 3 aromatic rings. The number of rotatable bonds is 22. The number of aromatic nitrogens is 3. The molecule has 5 heterocycles. The summed E-state index contributed by atoms with van der Waals surface area (Å²) < 4.78 is 45.0. The minimum atomic E-state index is -1.29. The lowest BCUT2D eigenvalue weighted by atomic mass is 10.1. The third kappa shape index (κ3) is 12.3. The van der Waals surface area contributed by atoms with Crippen molar-refractivity contribution in [3.05, 3.63) is 35.4 Å². The zero-order valence-electron chi connectivity index (χ0n) is 32.6. The molecule has 1 N–H and O–H groups in total. The van der Waals surface area contributed by atoms with Crippen LogP contribution in [0.25, 0.3) is 22.4 Å². The molecule has 2 aromatic heterocycles. The second-order valence-corrected chi connectivity index (χ2v) is 22.7. The highest BCUT2D eigenvalue weighted by Crippen LogP contribution is 2.36. The summed E-state index contributed by atoms with van der Waals surface area (Å²) in [6, 6.07) is 10.9. The van der Waals surface area contributed by atoms with Crippen LogP contribution in [0.4, 0.5) is 0 Å². The van der Waals surface area contributed by atoms with Crippen LogP contribution in [0.5, 0.6) is 11.8 Å². The number of nitrogens with one attached hydrogen (secondary N) is 1. The number of fused-ring (bicyclic) bond motifs is 2. The van der Waals surface area contributed by atoms with E-state index in [1.54, 1.807) is 0 Å². The van der Waals surface area contributed by atoms with E-state index in [4.69, 9.17) is 54.7 Å².